The van der Waals surface area contributed by atoms with Crippen LogP contribution in [-0.2, 0) is 17.1 Å². The van der Waals surface area contributed by atoms with Crippen molar-refractivity contribution in [2.24, 2.45) is 7.05 Å². The van der Waals surface area contributed by atoms with E-state index in [4.69, 9.17) is 11.6 Å². The van der Waals surface area contributed by atoms with E-state index in [1.54, 1.807) is 28.6 Å². The number of anilines is 1. The summed E-state index contributed by atoms with van der Waals surface area (Å²) in [4.78, 5) is 16.3. The normalized spacial score (nSPS) is 16.2. The molecular formula is C14H16ClN5O4S. The molecule has 1 aliphatic rings. The number of benzene rings is 1. The third-order valence-electron chi connectivity index (χ3n) is 4.03. The number of halogens is 1. The summed E-state index contributed by atoms with van der Waals surface area (Å²) in [5.74, 6) is 0.151. The van der Waals surface area contributed by atoms with Crippen LogP contribution >= 0.6 is 11.6 Å². The number of rotatable bonds is 4. The van der Waals surface area contributed by atoms with E-state index < -0.39 is 14.9 Å². The van der Waals surface area contributed by atoms with Crippen LogP contribution in [0.25, 0.3) is 0 Å². The summed E-state index contributed by atoms with van der Waals surface area (Å²) in [6, 6.07) is 6.11. The Kier molecular flexibility index (Phi) is 4.67. The molecule has 9 nitrogen and oxygen atoms in total. The Balaban J connectivity index is 1.78. The van der Waals surface area contributed by atoms with Gasteiger partial charge in [-0.25, -0.2) is 8.42 Å². The molecule has 1 aliphatic heterocycles. The first-order chi connectivity index (χ1) is 11.8. The zero-order chi connectivity index (χ0) is 18.2. The summed E-state index contributed by atoms with van der Waals surface area (Å²) in [5.41, 5.74) is 0. The number of nitrogens with zero attached hydrogens (tertiary/aromatic N) is 5. The van der Waals surface area contributed by atoms with E-state index >= 15 is 0 Å². The molecule has 0 aliphatic carbocycles. The minimum Gasteiger partial charge on any atom is -0.358 e. The monoisotopic (exact) mass is 385 g/mol. The van der Waals surface area contributed by atoms with Crippen LogP contribution in [-0.4, -0.2) is 53.4 Å². The largest absolute Gasteiger partial charge is 0.406 e. The SMILES string of the molecule is Cn1cnc([N+](=O)[O-])c1N1CCN(S(=O)(=O)c2cccc(Cl)c2)CC1. The molecule has 0 bridgehead atoms. The smallest absolute Gasteiger partial charge is 0.358 e. The van der Waals surface area contributed by atoms with Crippen LogP contribution in [0, 0.1) is 10.1 Å². The standard InChI is InChI=1S/C14H16ClN5O4S/c1-17-10-16-13(20(21)22)14(17)18-5-7-19(8-6-18)25(23,24)12-4-2-3-11(15)9-12/h2-4,9-10H,5-8H2,1H3. The summed E-state index contributed by atoms with van der Waals surface area (Å²) in [7, 11) is -1.98. The molecule has 0 amide bonds. The van der Waals surface area contributed by atoms with Crippen molar-refractivity contribution in [2.75, 3.05) is 31.1 Å². The van der Waals surface area contributed by atoms with Crippen LogP contribution in [0.15, 0.2) is 35.5 Å². The third kappa shape index (κ3) is 3.32. The molecule has 0 saturated carbocycles. The van der Waals surface area contributed by atoms with Crippen molar-refractivity contribution in [1.29, 1.82) is 0 Å². The van der Waals surface area contributed by atoms with Gasteiger partial charge in [0.05, 0.1) is 4.90 Å². The van der Waals surface area contributed by atoms with E-state index in [-0.39, 0.29) is 23.8 Å². The molecule has 134 valence electrons. The first-order valence-corrected chi connectivity index (χ1v) is 9.29. The van der Waals surface area contributed by atoms with Gasteiger partial charge in [0, 0.05) is 38.2 Å². The Morgan fingerprint density at radius 1 is 1.24 bits per heavy atom. The van der Waals surface area contributed by atoms with E-state index in [1.165, 1.54) is 22.8 Å². The predicted molar refractivity (Wildman–Crippen MR) is 92.3 cm³/mol. The molecule has 1 saturated heterocycles. The van der Waals surface area contributed by atoms with E-state index in [9.17, 15) is 18.5 Å². The second kappa shape index (κ2) is 6.62. The topological polar surface area (TPSA) is 102 Å². The van der Waals surface area contributed by atoms with E-state index in [0.29, 0.717) is 23.9 Å². The maximum absolute atomic E-state index is 12.7. The van der Waals surface area contributed by atoms with Crippen LogP contribution < -0.4 is 4.90 Å². The lowest BCUT2D eigenvalue weighted by atomic mass is 10.3. The van der Waals surface area contributed by atoms with E-state index in [1.807, 2.05) is 0 Å². The minimum absolute atomic E-state index is 0.139. The van der Waals surface area contributed by atoms with Gasteiger partial charge < -0.3 is 15.0 Å². The molecule has 0 radical (unpaired) electrons. The Hall–Kier alpha value is -2.17. The lowest BCUT2D eigenvalue weighted by Crippen LogP contribution is -2.49. The number of aryl methyl sites for hydroxylation is 1. The van der Waals surface area contributed by atoms with Gasteiger partial charge in [-0.15, -0.1) is 0 Å². The van der Waals surface area contributed by atoms with Crippen LogP contribution in [0.3, 0.4) is 0 Å². The lowest BCUT2D eigenvalue weighted by molar-refractivity contribution is -0.388. The van der Waals surface area contributed by atoms with Crippen molar-refractivity contribution >= 4 is 33.3 Å². The van der Waals surface area contributed by atoms with Gasteiger partial charge in [-0.2, -0.15) is 4.31 Å². The van der Waals surface area contributed by atoms with E-state index in [2.05, 4.69) is 4.98 Å². The molecule has 11 heteroatoms. The molecule has 0 N–H and O–H groups in total. The highest BCUT2D eigenvalue weighted by Gasteiger charge is 2.32. The van der Waals surface area contributed by atoms with E-state index in [0.717, 1.165) is 0 Å². The molecule has 1 aromatic carbocycles. The third-order valence-corrected chi connectivity index (χ3v) is 6.16. The first-order valence-electron chi connectivity index (χ1n) is 7.47. The molecule has 0 spiro atoms. The summed E-state index contributed by atoms with van der Waals surface area (Å²) in [6.07, 6.45) is 1.38. The maximum atomic E-state index is 12.7. The number of sulfonamides is 1. The van der Waals surface area contributed by atoms with Crippen molar-refractivity contribution in [1.82, 2.24) is 13.9 Å². The van der Waals surface area contributed by atoms with Crippen molar-refractivity contribution in [2.45, 2.75) is 4.90 Å². The number of imidazole rings is 1. The van der Waals surface area contributed by atoms with Crippen molar-refractivity contribution < 1.29 is 13.3 Å². The van der Waals surface area contributed by atoms with Crippen molar-refractivity contribution in [3.05, 3.63) is 45.7 Å². The van der Waals surface area contributed by atoms with Gasteiger partial charge in [-0.05, 0) is 28.1 Å². The Morgan fingerprint density at radius 2 is 1.92 bits per heavy atom. The summed E-state index contributed by atoms with van der Waals surface area (Å²) < 4.78 is 28.3. The number of hydrogen-bond donors (Lipinski definition) is 0. The molecule has 25 heavy (non-hydrogen) atoms. The average Bonchev–Trinajstić information content (AvgIpc) is 2.97. The Bertz CT molecular complexity index is 906. The Morgan fingerprint density at radius 3 is 2.52 bits per heavy atom. The van der Waals surface area contributed by atoms with Gasteiger partial charge in [-0.1, -0.05) is 17.7 Å². The highest BCUT2D eigenvalue weighted by atomic mass is 35.5. The summed E-state index contributed by atoms with van der Waals surface area (Å²) in [6.45, 7) is 1.11. The fourth-order valence-electron chi connectivity index (χ4n) is 2.82. The van der Waals surface area contributed by atoms with Gasteiger partial charge in [0.15, 0.2) is 0 Å². The zero-order valence-corrected chi connectivity index (χ0v) is 14.9. The second-order valence-corrected chi connectivity index (χ2v) is 7.98. The predicted octanol–water partition coefficient (Wildman–Crippen LogP) is 1.49. The molecule has 3 rings (SSSR count). The van der Waals surface area contributed by atoms with Crippen LogP contribution in [0.5, 0.6) is 0 Å². The Labute approximate surface area is 149 Å². The lowest BCUT2D eigenvalue weighted by Gasteiger charge is -2.34. The van der Waals surface area contributed by atoms with Gasteiger partial charge in [0.25, 0.3) is 0 Å². The minimum atomic E-state index is -3.65. The van der Waals surface area contributed by atoms with Gasteiger partial charge in [-0.3, -0.25) is 4.57 Å². The first kappa shape index (κ1) is 17.6. The molecule has 2 aromatic rings. The van der Waals surface area contributed by atoms with Gasteiger partial charge in [0.2, 0.25) is 22.2 Å². The second-order valence-electron chi connectivity index (χ2n) is 5.61. The fraction of sp³-hybridized carbons (Fsp3) is 0.357. The molecule has 0 unspecified atom stereocenters. The molecule has 0 atom stereocenters. The number of hydrogen-bond acceptors (Lipinski definition) is 6. The van der Waals surface area contributed by atoms with Gasteiger partial charge >= 0.3 is 5.82 Å². The van der Waals surface area contributed by atoms with Crippen LogP contribution in [0.2, 0.25) is 5.02 Å². The van der Waals surface area contributed by atoms with Crippen molar-refractivity contribution in [3.63, 3.8) is 0 Å². The zero-order valence-electron chi connectivity index (χ0n) is 13.4. The molecule has 2 heterocycles. The highest BCUT2D eigenvalue weighted by Crippen LogP contribution is 2.28. The average molecular weight is 386 g/mol. The number of nitro groups is 1. The van der Waals surface area contributed by atoms with Crippen LogP contribution in [0.1, 0.15) is 0 Å². The number of piperazine rings is 1. The van der Waals surface area contributed by atoms with Crippen LogP contribution in [0.4, 0.5) is 11.6 Å². The van der Waals surface area contributed by atoms with Crippen molar-refractivity contribution in [3.8, 4) is 0 Å². The number of aromatic nitrogens is 2. The van der Waals surface area contributed by atoms with Gasteiger partial charge in [0.1, 0.15) is 0 Å². The molecular weight excluding hydrogens is 370 g/mol. The fourth-order valence-corrected chi connectivity index (χ4v) is 4.55. The maximum Gasteiger partial charge on any atom is 0.406 e. The summed E-state index contributed by atoms with van der Waals surface area (Å²) in [5, 5.41) is 11.5. The highest BCUT2D eigenvalue weighted by molar-refractivity contribution is 7.89. The molecule has 1 aromatic heterocycles. The quantitative estimate of drug-likeness (QED) is 0.583. The summed E-state index contributed by atoms with van der Waals surface area (Å²) >= 11 is 5.88. The molecule has 1 fully saturated rings.